The highest BCUT2D eigenvalue weighted by molar-refractivity contribution is 6.30. The molecule has 0 bridgehead atoms. The minimum Gasteiger partial charge on any atom is -0.496 e. The quantitative estimate of drug-likeness (QED) is 0.649. The number of carbonyl (C=O) groups is 2. The number of nitrogens with zero attached hydrogens (tertiary/aromatic N) is 1. The molecular formula is C23H27ClN2O6. The summed E-state index contributed by atoms with van der Waals surface area (Å²) in [6.45, 7) is 0.356. The first kappa shape index (κ1) is 23.5. The predicted octanol–water partition coefficient (Wildman–Crippen LogP) is 2.69. The molecule has 1 fully saturated rings. The van der Waals surface area contributed by atoms with Crippen LogP contribution in [0.25, 0.3) is 0 Å². The summed E-state index contributed by atoms with van der Waals surface area (Å²) in [5, 5.41) is 3.27. The summed E-state index contributed by atoms with van der Waals surface area (Å²) >= 11 is 6.15. The zero-order valence-electron chi connectivity index (χ0n) is 18.6. The largest absolute Gasteiger partial charge is 0.496 e. The number of halogens is 1. The van der Waals surface area contributed by atoms with Gasteiger partial charge < -0.3 is 29.2 Å². The molecule has 1 N–H and O–H groups in total. The Balaban J connectivity index is 1.90. The average Bonchev–Trinajstić information content (AvgIpc) is 2.93. The maximum atomic E-state index is 12.8. The van der Waals surface area contributed by atoms with Gasteiger partial charge in [-0.05, 0) is 30.2 Å². The van der Waals surface area contributed by atoms with E-state index in [0.717, 1.165) is 5.56 Å². The second-order valence-corrected chi connectivity index (χ2v) is 7.80. The number of carbonyl (C=O) groups excluding carboxylic acids is 2. The molecule has 0 unspecified atom stereocenters. The fourth-order valence-corrected chi connectivity index (χ4v) is 3.97. The van der Waals surface area contributed by atoms with Crippen molar-refractivity contribution in [3.05, 3.63) is 46.5 Å². The van der Waals surface area contributed by atoms with Crippen molar-refractivity contribution in [1.82, 2.24) is 10.2 Å². The molecule has 1 aliphatic heterocycles. The number of ether oxygens (including phenoxy) is 4. The van der Waals surface area contributed by atoms with Crippen molar-refractivity contribution in [3.8, 4) is 23.0 Å². The summed E-state index contributed by atoms with van der Waals surface area (Å²) in [5.41, 5.74) is 1.49. The van der Waals surface area contributed by atoms with Gasteiger partial charge in [0.1, 0.15) is 23.0 Å². The highest BCUT2D eigenvalue weighted by atomic mass is 35.5. The van der Waals surface area contributed by atoms with E-state index >= 15 is 0 Å². The van der Waals surface area contributed by atoms with Crippen LogP contribution in [0.3, 0.4) is 0 Å². The molecule has 0 radical (unpaired) electrons. The maximum absolute atomic E-state index is 12.8. The van der Waals surface area contributed by atoms with Gasteiger partial charge in [-0.25, -0.2) is 0 Å². The van der Waals surface area contributed by atoms with Gasteiger partial charge in [0.05, 0.1) is 53.0 Å². The molecule has 0 saturated carbocycles. The van der Waals surface area contributed by atoms with E-state index in [9.17, 15) is 9.59 Å². The van der Waals surface area contributed by atoms with Gasteiger partial charge in [-0.2, -0.15) is 0 Å². The van der Waals surface area contributed by atoms with Crippen molar-refractivity contribution in [2.24, 2.45) is 5.92 Å². The molecule has 2 amide bonds. The van der Waals surface area contributed by atoms with Crippen molar-refractivity contribution in [1.29, 1.82) is 0 Å². The van der Waals surface area contributed by atoms with E-state index in [2.05, 4.69) is 5.32 Å². The Hall–Kier alpha value is -3.13. The number of hydrogen-bond donors (Lipinski definition) is 1. The van der Waals surface area contributed by atoms with Crippen LogP contribution in [-0.4, -0.2) is 58.2 Å². The highest BCUT2D eigenvalue weighted by Crippen LogP contribution is 2.35. The lowest BCUT2D eigenvalue weighted by Crippen LogP contribution is -2.35. The number of rotatable bonds is 8. The SMILES string of the molecule is COc1cc(OC)c(CN2C[C@@H](Cc3cc(Cl)ccc3OC)C(=O)NCC2=O)c(OC)c1. The van der Waals surface area contributed by atoms with Gasteiger partial charge in [-0.15, -0.1) is 0 Å². The topological polar surface area (TPSA) is 86.3 Å². The molecule has 1 atom stereocenters. The molecule has 1 aliphatic rings. The monoisotopic (exact) mass is 462 g/mol. The summed E-state index contributed by atoms with van der Waals surface area (Å²) in [4.78, 5) is 27.2. The smallest absolute Gasteiger partial charge is 0.242 e. The van der Waals surface area contributed by atoms with Crippen molar-refractivity contribution in [3.63, 3.8) is 0 Å². The molecule has 2 aromatic carbocycles. The number of hydrogen-bond acceptors (Lipinski definition) is 6. The van der Waals surface area contributed by atoms with E-state index in [0.29, 0.717) is 40.0 Å². The third kappa shape index (κ3) is 5.19. The second kappa shape index (κ2) is 10.5. The summed E-state index contributed by atoms with van der Waals surface area (Å²) in [6, 6.07) is 8.74. The molecule has 1 saturated heterocycles. The lowest BCUT2D eigenvalue weighted by atomic mass is 9.97. The van der Waals surface area contributed by atoms with Crippen LogP contribution in [0, 0.1) is 5.92 Å². The lowest BCUT2D eigenvalue weighted by molar-refractivity contribution is -0.130. The molecule has 8 nitrogen and oxygen atoms in total. The number of methoxy groups -OCH3 is 4. The van der Waals surface area contributed by atoms with Crippen LogP contribution in [-0.2, 0) is 22.6 Å². The van der Waals surface area contributed by atoms with Crippen molar-refractivity contribution >= 4 is 23.4 Å². The normalized spacial score (nSPS) is 16.3. The maximum Gasteiger partial charge on any atom is 0.242 e. The molecule has 172 valence electrons. The first-order chi connectivity index (χ1) is 15.4. The van der Waals surface area contributed by atoms with E-state index in [1.54, 1.807) is 63.7 Å². The summed E-state index contributed by atoms with van der Waals surface area (Å²) in [7, 11) is 6.21. The van der Waals surface area contributed by atoms with Crippen LogP contribution < -0.4 is 24.3 Å². The standard InChI is InChI=1S/C23H27ClN2O6/c1-29-17-9-20(31-3)18(21(10-17)32-4)13-26-12-15(23(28)25-11-22(26)27)7-14-8-16(24)5-6-19(14)30-2/h5-6,8-10,15H,7,11-13H2,1-4H3,(H,25,28)/t15-/m1/s1. The van der Waals surface area contributed by atoms with Crippen LogP contribution >= 0.6 is 11.6 Å². The van der Waals surface area contributed by atoms with Gasteiger partial charge >= 0.3 is 0 Å². The van der Waals surface area contributed by atoms with Crippen LogP contribution in [0.2, 0.25) is 5.02 Å². The Morgan fingerprint density at radius 3 is 2.22 bits per heavy atom. The third-order valence-electron chi connectivity index (χ3n) is 5.45. The average molecular weight is 463 g/mol. The molecule has 9 heteroatoms. The number of nitrogens with one attached hydrogen (secondary N) is 1. The Kier molecular flexibility index (Phi) is 7.69. The Morgan fingerprint density at radius 2 is 1.62 bits per heavy atom. The second-order valence-electron chi connectivity index (χ2n) is 7.36. The van der Waals surface area contributed by atoms with E-state index in [-0.39, 0.29) is 31.4 Å². The lowest BCUT2D eigenvalue weighted by Gasteiger charge is -2.26. The molecule has 1 heterocycles. The van der Waals surface area contributed by atoms with E-state index in [4.69, 9.17) is 30.5 Å². The van der Waals surface area contributed by atoms with Gasteiger partial charge in [-0.3, -0.25) is 9.59 Å². The summed E-state index contributed by atoms with van der Waals surface area (Å²) in [5.74, 6) is 1.41. The van der Waals surface area contributed by atoms with Gasteiger partial charge in [0.2, 0.25) is 11.8 Å². The number of amides is 2. The highest BCUT2D eigenvalue weighted by Gasteiger charge is 2.31. The molecule has 3 rings (SSSR count). The van der Waals surface area contributed by atoms with Crippen molar-refractivity contribution < 1.29 is 28.5 Å². The first-order valence-electron chi connectivity index (χ1n) is 10.1. The van der Waals surface area contributed by atoms with Crippen LogP contribution in [0.1, 0.15) is 11.1 Å². The van der Waals surface area contributed by atoms with Gasteiger partial charge in [-0.1, -0.05) is 11.6 Å². The first-order valence-corrected chi connectivity index (χ1v) is 10.4. The van der Waals surface area contributed by atoms with Crippen molar-refractivity contribution in [2.75, 3.05) is 41.5 Å². The van der Waals surface area contributed by atoms with E-state index < -0.39 is 5.92 Å². The Labute approximate surface area is 192 Å². The van der Waals surface area contributed by atoms with Gasteiger partial charge in [0.25, 0.3) is 0 Å². The minimum atomic E-state index is -0.482. The zero-order valence-corrected chi connectivity index (χ0v) is 19.3. The molecule has 2 aromatic rings. The fourth-order valence-electron chi connectivity index (χ4n) is 3.78. The molecule has 0 aromatic heterocycles. The van der Waals surface area contributed by atoms with Crippen LogP contribution in [0.4, 0.5) is 0 Å². The minimum absolute atomic E-state index is 0.0806. The molecule has 32 heavy (non-hydrogen) atoms. The van der Waals surface area contributed by atoms with Gasteiger partial charge in [0, 0.05) is 23.7 Å². The summed E-state index contributed by atoms with van der Waals surface area (Å²) < 4.78 is 21.7. The summed E-state index contributed by atoms with van der Waals surface area (Å²) in [6.07, 6.45) is 0.371. The van der Waals surface area contributed by atoms with Crippen LogP contribution in [0.5, 0.6) is 23.0 Å². The van der Waals surface area contributed by atoms with E-state index in [1.165, 1.54) is 0 Å². The fraction of sp³-hybridized carbons (Fsp3) is 0.391. The van der Waals surface area contributed by atoms with Gasteiger partial charge in [0.15, 0.2) is 0 Å². The van der Waals surface area contributed by atoms with Crippen LogP contribution in [0.15, 0.2) is 30.3 Å². The predicted molar refractivity (Wildman–Crippen MR) is 120 cm³/mol. The molecule has 0 spiro atoms. The Morgan fingerprint density at radius 1 is 0.969 bits per heavy atom. The molecule has 0 aliphatic carbocycles. The van der Waals surface area contributed by atoms with E-state index in [1.807, 2.05) is 0 Å². The number of benzene rings is 2. The van der Waals surface area contributed by atoms with Crippen molar-refractivity contribution in [2.45, 2.75) is 13.0 Å². The molecular weight excluding hydrogens is 436 g/mol. The zero-order chi connectivity index (χ0) is 23.3. The third-order valence-corrected chi connectivity index (χ3v) is 5.69. The Bertz CT molecular complexity index is 971.